The molecule has 0 saturated carbocycles. The number of pyridine rings is 1. The van der Waals surface area contributed by atoms with Crippen LogP contribution < -0.4 is 10.6 Å². The van der Waals surface area contributed by atoms with Gasteiger partial charge in [0.05, 0.1) is 11.6 Å². The maximum atomic E-state index is 12.8. The van der Waals surface area contributed by atoms with Gasteiger partial charge in [-0.05, 0) is 41.8 Å². The number of hydrogen-bond donors (Lipinski definition) is 3. The first kappa shape index (κ1) is 19.4. The first-order valence-corrected chi connectivity index (χ1v) is 8.13. The predicted octanol–water partition coefficient (Wildman–Crippen LogP) is 2.74. The second-order valence-electron chi connectivity index (χ2n) is 5.35. The SMILES string of the molecule is O=C(O)/C=C/c1cnc(NCC(=O)NCCc2ccc(F)cc2)c(Cl)c1. The van der Waals surface area contributed by atoms with Crippen molar-refractivity contribution >= 4 is 35.4 Å². The summed E-state index contributed by atoms with van der Waals surface area (Å²) in [5.74, 6) is -1.27. The molecular formula is C18H17ClFN3O3. The van der Waals surface area contributed by atoms with Gasteiger partial charge in [-0.1, -0.05) is 23.7 Å². The van der Waals surface area contributed by atoms with Crippen molar-refractivity contribution in [3.8, 4) is 0 Å². The number of carbonyl (C=O) groups is 2. The van der Waals surface area contributed by atoms with E-state index in [4.69, 9.17) is 16.7 Å². The number of carbonyl (C=O) groups excluding carboxylic acids is 1. The highest BCUT2D eigenvalue weighted by Gasteiger charge is 2.06. The molecule has 0 unspecified atom stereocenters. The van der Waals surface area contributed by atoms with Gasteiger partial charge in [0, 0.05) is 18.8 Å². The molecule has 2 rings (SSSR count). The normalized spacial score (nSPS) is 10.7. The summed E-state index contributed by atoms with van der Waals surface area (Å²) in [6, 6.07) is 7.64. The molecule has 2 aromatic rings. The highest BCUT2D eigenvalue weighted by Crippen LogP contribution is 2.20. The van der Waals surface area contributed by atoms with Gasteiger partial charge in [0.1, 0.15) is 11.6 Å². The minimum atomic E-state index is -1.07. The first-order valence-electron chi connectivity index (χ1n) is 7.75. The zero-order valence-electron chi connectivity index (χ0n) is 13.7. The van der Waals surface area contributed by atoms with E-state index in [1.165, 1.54) is 24.4 Å². The van der Waals surface area contributed by atoms with E-state index in [9.17, 15) is 14.0 Å². The maximum absolute atomic E-state index is 12.8. The van der Waals surface area contributed by atoms with E-state index in [1.54, 1.807) is 18.2 Å². The Morgan fingerprint density at radius 2 is 2.00 bits per heavy atom. The largest absolute Gasteiger partial charge is 0.478 e. The van der Waals surface area contributed by atoms with E-state index in [0.29, 0.717) is 24.3 Å². The van der Waals surface area contributed by atoms with Crippen LogP contribution in [0.15, 0.2) is 42.6 Å². The minimum Gasteiger partial charge on any atom is -0.478 e. The lowest BCUT2D eigenvalue weighted by molar-refractivity contribution is -0.131. The van der Waals surface area contributed by atoms with Gasteiger partial charge in [-0.15, -0.1) is 0 Å². The van der Waals surface area contributed by atoms with Gasteiger partial charge in [-0.2, -0.15) is 0 Å². The van der Waals surface area contributed by atoms with Crippen molar-refractivity contribution in [3.05, 3.63) is 64.6 Å². The monoisotopic (exact) mass is 377 g/mol. The molecule has 0 fully saturated rings. The number of rotatable bonds is 8. The molecule has 0 spiro atoms. The van der Waals surface area contributed by atoms with Gasteiger partial charge in [-0.3, -0.25) is 4.79 Å². The van der Waals surface area contributed by atoms with E-state index in [1.807, 2.05) is 0 Å². The number of carboxylic acid groups (broad SMARTS) is 1. The maximum Gasteiger partial charge on any atom is 0.328 e. The molecule has 0 aliphatic carbocycles. The van der Waals surface area contributed by atoms with Gasteiger partial charge < -0.3 is 15.7 Å². The molecule has 0 bridgehead atoms. The second kappa shape index (κ2) is 9.53. The summed E-state index contributed by atoms with van der Waals surface area (Å²) in [5.41, 5.74) is 1.46. The Bertz CT molecular complexity index is 810. The summed E-state index contributed by atoms with van der Waals surface area (Å²) in [7, 11) is 0. The molecule has 1 amide bonds. The Balaban J connectivity index is 1.77. The summed E-state index contributed by atoms with van der Waals surface area (Å²) in [6.45, 7) is 0.409. The number of aromatic nitrogens is 1. The number of anilines is 1. The molecule has 3 N–H and O–H groups in total. The van der Waals surface area contributed by atoms with Crippen LogP contribution in [0.25, 0.3) is 6.08 Å². The van der Waals surface area contributed by atoms with Crippen LogP contribution in [-0.4, -0.2) is 35.1 Å². The van der Waals surface area contributed by atoms with Crippen molar-refractivity contribution in [1.82, 2.24) is 10.3 Å². The van der Waals surface area contributed by atoms with Crippen molar-refractivity contribution in [1.29, 1.82) is 0 Å². The van der Waals surface area contributed by atoms with Gasteiger partial charge in [0.2, 0.25) is 5.91 Å². The van der Waals surface area contributed by atoms with Gasteiger partial charge in [0.25, 0.3) is 0 Å². The van der Waals surface area contributed by atoms with Gasteiger partial charge in [-0.25, -0.2) is 14.2 Å². The number of aliphatic carboxylic acids is 1. The summed E-state index contributed by atoms with van der Waals surface area (Å²) < 4.78 is 12.8. The number of halogens is 2. The van der Waals surface area contributed by atoms with Crippen LogP contribution in [0.5, 0.6) is 0 Å². The molecule has 1 heterocycles. The molecule has 1 aromatic carbocycles. The second-order valence-corrected chi connectivity index (χ2v) is 5.76. The average Bonchev–Trinajstić information content (AvgIpc) is 2.61. The van der Waals surface area contributed by atoms with E-state index >= 15 is 0 Å². The predicted molar refractivity (Wildman–Crippen MR) is 97.5 cm³/mol. The van der Waals surface area contributed by atoms with E-state index in [0.717, 1.165) is 11.6 Å². The molecule has 0 atom stereocenters. The lowest BCUT2D eigenvalue weighted by atomic mass is 10.1. The van der Waals surface area contributed by atoms with Crippen LogP contribution in [0.2, 0.25) is 5.02 Å². The number of amides is 1. The quantitative estimate of drug-likeness (QED) is 0.615. The number of hydrogen-bond acceptors (Lipinski definition) is 4. The standard InChI is InChI=1S/C18H17ClFN3O3/c19-15-9-13(3-6-17(25)26)10-22-18(15)23-11-16(24)21-8-7-12-1-4-14(20)5-2-12/h1-6,9-10H,7-8,11H2,(H,21,24)(H,22,23)(H,25,26)/b6-3+. The molecule has 0 aliphatic rings. The molecule has 6 nitrogen and oxygen atoms in total. The summed E-state index contributed by atoms with van der Waals surface area (Å²) in [4.78, 5) is 26.4. The zero-order valence-corrected chi connectivity index (χ0v) is 14.5. The molecule has 136 valence electrons. The topological polar surface area (TPSA) is 91.3 Å². The lowest BCUT2D eigenvalue weighted by Crippen LogP contribution is -2.31. The van der Waals surface area contributed by atoms with Crippen LogP contribution in [0, 0.1) is 5.82 Å². The van der Waals surface area contributed by atoms with Crippen LogP contribution in [-0.2, 0) is 16.0 Å². The first-order chi connectivity index (χ1) is 12.4. The van der Waals surface area contributed by atoms with Gasteiger partial charge in [0.15, 0.2) is 0 Å². The summed E-state index contributed by atoms with van der Waals surface area (Å²) in [5, 5.41) is 14.4. The van der Waals surface area contributed by atoms with Crippen LogP contribution >= 0.6 is 11.6 Å². The fourth-order valence-corrected chi connectivity index (χ4v) is 2.31. The van der Waals surface area contributed by atoms with Crippen LogP contribution in [0.1, 0.15) is 11.1 Å². The molecule has 26 heavy (non-hydrogen) atoms. The minimum absolute atomic E-state index is 0.0134. The third-order valence-electron chi connectivity index (χ3n) is 3.35. The third kappa shape index (κ3) is 6.52. The fourth-order valence-electron chi connectivity index (χ4n) is 2.07. The van der Waals surface area contributed by atoms with E-state index in [2.05, 4.69) is 15.6 Å². The smallest absolute Gasteiger partial charge is 0.328 e. The highest BCUT2D eigenvalue weighted by molar-refractivity contribution is 6.33. The number of nitrogens with one attached hydrogen (secondary N) is 2. The molecule has 0 saturated heterocycles. The van der Waals surface area contributed by atoms with Crippen LogP contribution in [0.3, 0.4) is 0 Å². The van der Waals surface area contributed by atoms with E-state index < -0.39 is 5.97 Å². The van der Waals surface area contributed by atoms with Crippen molar-refractivity contribution in [2.75, 3.05) is 18.4 Å². The Labute approximate surface area is 154 Å². The van der Waals surface area contributed by atoms with Crippen LogP contribution in [0.4, 0.5) is 10.2 Å². The summed E-state index contributed by atoms with van der Waals surface area (Å²) in [6.07, 6.45) is 4.39. The molecule has 0 radical (unpaired) electrons. The molecule has 0 aliphatic heterocycles. The Hall–Kier alpha value is -2.93. The average molecular weight is 378 g/mol. The third-order valence-corrected chi connectivity index (χ3v) is 3.63. The molecular weight excluding hydrogens is 361 g/mol. The number of nitrogens with zero attached hydrogens (tertiary/aromatic N) is 1. The van der Waals surface area contributed by atoms with Crippen molar-refractivity contribution < 1.29 is 19.1 Å². The number of carboxylic acids is 1. The Morgan fingerprint density at radius 1 is 1.27 bits per heavy atom. The summed E-state index contributed by atoms with van der Waals surface area (Å²) >= 11 is 6.06. The van der Waals surface area contributed by atoms with Crippen molar-refractivity contribution in [3.63, 3.8) is 0 Å². The van der Waals surface area contributed by atoms with Gasteiger partial charge >= 0.3 is 5.97 Å². The van der Waals surface area contributed by atoms with E-state index in [-0.39, 0.29) is 23.3 Å². The highest BCUT2D eigenvalue weighted by atomic mass is 35.5. The Kier molecular flexibility index (Phi) is 7.11. The number of benzene rings is 1. The molecule has 1 aromatic heterocycles. The lowest BCUT2D eigenvalue weighted by Gasteiger charge is -2.09. The zero-order chi connectivity index (χ0) is 18.9. The van der Waals surface area contributed by atoms with Crippen molar-refractivity contribution in [2.24, 2.45) is 0 Å². The Morgan fingerprint density at radius 3 is 2.65 bits per heavy atom. The van der Waals surface area contributed by atoms with Crippen molar-refractivity contribution in [2.45, 2.75) is 6.42 Å². The fraction of sp³-hybridized carbons (Fsp3) is 0.167. The molecule has 8 heteroatoms.